The van der Waals surface area contributed by atoms with E-state index in [9.17, 15) is 14.4 Å². The minimum Gasteiger partial charge on any atom is -0.497 e. The van der Waals surface area contributed by atoms with Crippen LogP contribution in [0.25, 0.3) is 0 Å². The number of anilines is 1. The number of hydrogen-bond acceptors (Lipinski definition) is 5. The molecule has 1 aromatic rings. The van der Waals surface area contributed by atoms with E-state index in [0.29, 0.717) is 25.9 Å². The monoisotopic (exact) mass is 390 g/mol. The molecule has 2 rings (SSSR count). The third kappa shape index (κ3) is 6.14. The number of carbonyl (C=O) groups is 3. The minimum absolute atomic E-state index is 0.0329. The van der Waals surface area contributed by atoms with Gasteiger partial charge >= 0.3 is 0 Å². The van der Waals surface area contributed by atoms with Crippen molar-refractivity contribution in [2.24, 2.45) is 11.3 Å². The van der Waals surface area contributed by atoms with Crippen LogP contribution in [0.2, 0.25) is 0 Å². The van der Waals surface area contributed by atoms with Gasteiger partial charge in [-0.25, -0.2) is 0 Å². The number of carbonyl (C=O) groups excluding carboxylic acids is 3. The molecule has 8 nitrogen and oxygen atoms in total. The SMILES string of the molecule is COc1ccc(NCC(=O)NNC(=O)C2CCN(C(=O)C(C)(C)C)CC2)cc1. The fraction of sp³-hybridized carbons (Fsp3) is 0.550. The van der Waals surface area contributed by atoms with Gasteiger partial charge in [0.15, 0.2) is 0 Å². The fourth-order valence-corrected chi connectivity index (χ4v) is 2.99. The number of hydrazine groups is 1. The number of rotatable bonds is 5. The Hall–Kier alpha value is -2.77. The molecule has 1 aliphatic heterocycles. The van der Waals surface area contributed by atoms with Crippen LogP contribution >= 0.6 is 0 Å². The number of methoxy groups -OCH3 is 1. The third-order valence-corrected chi connectivity index (χ3v) is 4.66. The summed E-state index contributed by atoms with van der Waals surface area (Å²) in [6, 6.07) is 7.19. The van der Waals surface area contributed by atoms with Gasteiger partial charge in [-0.3, -0.25) is 25.2 Å². The van der Waals surface area contributed by atoms with E-state index in [1.165, 1.54) is 0 Å². The van der Waals surface area contributed by atoms with Gasteiger partial charge in [0.2, 0.25) is 11.8 Å². The van der Waals surface area contributed by atoms with Crippen LogP contribution in [0, 0.1) is 11.3 Å². The molecule has 8 heteroatoms. The summed E-state index contributed by atoms with van der Waals surface area (Å²) in [6.07, 6.45) is 1.18. The molecule has 28 heavy (non-hydrogen) atoms. The zero-order chi connectivity index (χ0) is 20.7. The number of benzene rings is 1. The summed E-state index contributed by atoms with van der Waals surface area (Å²) in [5.74, 6) is 0.0609. The van der Waals surface area contributed by atoms with Gasteiger partial charge in [0.25, 0.3) is 5.91 Å². The number of hydrogen-bond donors (Lipinski definition) is 3. The lowest BCUT2D eigenvalue weighted by atomic mass is 9.91. The number of amides is 3. The van der Waals surface area contributed by atoms with E-state index in [2.05, 4.69) is 16.2 Å². The standard InChI is InChI=1S/C20H30N4O4/c1-20(2,3)19(27)24-11-9-14(10-12-24)18(26)23-22-17(25)13-21-15-5-7-16(28-4)8-6-15/h5-8,14,21H,9-13H2,1-4H3,(H,22,25)(H,23,26). The second kappa shape index (κ2) is 9.43. The van der Waals surface area contributed by atoms with E-state index >= 15 is 0 Å². The van der Waals surface area contributed by atoms with E-state index in [4.69, 9.17) is 4.74 Å². The first-order valence-electron chi connectivity index (χ1n) is 9.46. The van der Waals surface area contributed by atoms with E-state index in [1.54, 1.807) is 36.3 Å². The lowest BCUT2D eigenvalue weighted by molar-refractivity contribution is -0.142. The highest BCUT2D eigenvalue weighted by Crippen LogP contribution is 2.23. The minimum atomic E-state index is -0.417. The summed E-state index contributed by atoms with van der Waals surface area (Å²) in [5.41, 5.74) is 5.26. The summed E-state index contributed by atoms with van der Waals surface area (Å²) in [7, 11) is 1.59. The molecule has 0 radical (unpaired) electrons. The zero-order valence-electron chi connectivity index (χ0n) is 17.0. The second-order valence-electron chi connectivity index (χ2n) is 7.94. The maximum Gasteiger partial charge on any atom is 0.257 e. The summed E-state index contributed by atoms with van der Waals surface area (Å²) < 4.78 is 5.08. The lowest BCUT2D eigenvalue weighted by Crippen LogP contribution is -2.50. The molecular weight excluding hydrogens is 360 g/mol. The lowest BCUT2D eigenvalue weighted by Gasteiger charge is -2.35. The number of nitrogens with zero attached hydrogens (tertiary/aromatic N) is 1. The summed E-state index contributed by atoms with van der Waals surface area (Å²) in [4.78, 5) is 38.3. The molecule has 1 saturated heterocycles. The average molecular weight is 390 g/mol. The van der Waals surface area contributed by atoms with E-state index in [1.807, 2.05) is 20.8 Å². The van der Waals surface area contributed by atoms with Crippen LogP contribution in [0.4, 0.5) is 5.69 Å². The Morgan fingerprint density at radius 2 is 1.68 bits per heavy atom. The summed E-state index contributed by atoms with van der Waals surface area (Å²) in [5, 5.41) is 2.97. The van der Waals surface area contributed by atoms with Gasteiger partial charge in [0, 0.05) is 30.1 Å². The Morgan fingerprint density at radius 3 is 2.21 bits per heavy atom. The average Bonchev–Trinajstić information content (AvgIpc) is 2.69. The van der Waals surface area contributed by atoms with Crippen molar-refractivity contribution in [3.63, 3.8) is 0 Å². The molecule has 0 bridgehead atoms. The topological polar surface area (TPSA) is 99.8 Å². The first-order valence-corrected chi connectivity index (χ1v) is 9.46. The van der Waals surface area contributed by atoms with Gasteiger partial charge in [0.1, 0.15) is 5.75 Å². The Morgan fingerprint density at radius 1 is 1.07 bits per heavy atom. The van der Waals surface area contributed by atoms with E-state index in [0.717, 1.165) is 11.4 Å². The van der Waals surface area contributed by atoms with Gasteiger partial charge in [0.05, 0.1) is 13.7 Å². The molecule has 3 amide bonds. The summed E-state index contributed by atoms with van der Waals surface area (Å²) in [6.45, 7) is 6.82. The molecular formula is C20H30N4O4. The van der Waals surface area contributed by atoms with Crippen molar-refractivity contribution in [3.05, 3.63) is 24.3 Å². The molecule has 0 aromatic heterocycles. The van der Waals surface area contributed by atoms with Crippen LogP contribution in [0.15, 0.2) is 24.3 Å². The predicted molar refractivity (Wildman–Crippen MR) is 107 cm³/mol. The van der Waals surface area contributed by atoms with Crippen LogP contribution in [0.5, 0.6) is 5.75 Å². The molecule has 1 fully saturated rings. The number of ether oxygens (including phenoxy) is 1. The molecule has 0 spiro atoms. The van der Waals surface area contributed by atoms with Crippen molar-refractivity contribution in [1.82, 2.24) is 15.8 Å². The molecule has 1 aliphatic rings. The molecule has 1 heterocycles. The van der Waals surface area contributed by atoms with Gasteiger partial charge in [-0.1, -0.05) is 20.8 Å². The molecule has 0 saturated carbocycles. The quantitative estimate of drug-likeness (QED) is 0.663. The van der Waals surface area contributed by atoms with Crippen molar-refractivity contribution >= 4 is 23.4 Å². The van der Waals surface area contributed by atoms with Gasteiger partial charge in [-0.05, 0) is 37.1 Å². The van der Waals surface area contributed by atoms with Gasteiger partial charge < -0.3 is 15.0 Å². The molecule has 154 valence electrons. The number of likely N-dealkylation sites (tertiary alicyclic amines) is 1. The highest BCUT2D eigenvalue weighted by Gasteiger charge is 2.32. The zero-order valence-corrected chi connectivity index (χ0v) is 17.0. The molecule has 0 aliphatic carbocycles. The molecule has 0 atom stereocenters. The normalized spacial score (nSPS) is 14.9. The molecule has 0 unspecified atom stereocenters. The summed E-state index contributed by atoms with van der Waals surface area (Å²) >= 11 is 0. The number of piperidine rings is 1. The van der Waals surface area contributed by atoms with Crippen molar-refractivity contribution in [3.8, 4) is 5.75 Å². The van der Waals surface area contributed by atoms with Gasteiger partial charge in [-0.15, -0.1) is 0 Å². The van der Waals surface area contributed by atoms with Crippen LogP contribution in [-0.2, 0) is 14.4 Å². The Bertz CT molecular complexity index is 689. The second-order valence-corrected chi connectivity index (χ2v) is 7.94. The molecule has 1 aromatic carbocycles. The largest absolute Gasteiger partial charge is 0.497 e. The maximum atomic E-state index is 12.3. The highest BCUT2D eigenvalue weighted by atomic mass is 16.5. The van der Waals surface area contributed by atoms with Crippen LogP contribution in [0.1, 0.15) is 33.6 Å². The van der Waals surface area contributed by atoms with Crippen molar-refractivity contribution in [2.75, 3.05) is 32.1 Å². The van der Waals surface area contributed by atoms with Crippen LogP contribution < -0.4 is 20.9 Å². The van der Waals surface area contributed by atoms with Gasteiger partial charge in [-0.2, -0.15) is 0 Å². The first kappa shape index (κ1) is 21.5. The predicted octanol–water partition coefficient (Wildman–Crippen LogP) is 1.54. The Kier molecular flexibility index (Phi) is 7.25. The first-order chi connectivity index (χ1) is 13.2. The molecule has 3 N–H and O–H groups in total. The van der Waals surface area contributed by atoms with Crippen LogP contribution in [-0.4, -0.2) is 49.4 Å². The van der Waals surface area contributed by atoms with Crippen molar-refractivity contribution < 1.29 is 19.1 Å². The highest BCUT2D eigenvalue weighted by molar-refractivity contribution is 5.86. The smallest absolute Gasteiger partial charge is 0.257 e. The van der Waals surface area contributed by atoms with E-state index < -0.39 is 5.41 Å². The van der Waals surface area contributed by atoms with E-state index in [-0.39, 0.29) is 30.2 Å². The van der Waals surface area contributed by atoms with Crippen molar-refractivity contribution in [2.45, 2.75) is 33.6 Å². The van der Waals surface area contributed by atoms with Crippen molar-refractivity contribution in [1.29, 1.82) is 0 Å². The van der Waals surface area contributed by atoms with Crippen LogP contribution in [0.3, 0.4) is 0 Å². The maximum absolute atomic E-state index is 12.3. The Labute approximate surface area is 166 Å². The number of nitrogens with one attached hydrogen (secondary N) is 3. The fourth-order valence-electron chi connectivity index (χ4n) is 2.99. The third-order valence-electron chi connectivity index (χ3n) is 4.66. The Balaban J connectivity index is 1.69.